The Morgan fingerprint density at radius 1 is 1.44 bits per heavy atom. The summed E-state index contributed by atoms with van der Waals surface area (Å²) in [6, 6.07) is 7.21. The molecule has 0 radical (unpaired) electrons. The Hall–Kier alpha value is -1.42. The third-order valence-corrected chi connectivity index (χ3v) is 2.57. The van der Waals surface area contributed by atoms with Gasteiger partial charge in [-0.2, -0.15) is 5.10 Å². The van der Waals surface area contributed by atoms with Gasteiger partial charge in [0.2, 0.25) is 0 Å². The molecule has 1 amide bonds. The lowest BCUT2D eigenvalue weighted by molar-refractivity contribution is 0.0954. The number of allylic oxidation sites excluding steroid dienone is 1. The maximum Gasteiger partial charge on any atom is 0.272 e. The second-order valence-corrected chi connectivity index (χ2v) is 3.95. The predicted molar refractivity (Wildman–Crippen MR) is 69.5 cm³/mol. The van der Waals surface area contributed by atoms with Gasteiger partial charge in [0.25, 0.3) is 5.91 Å². The summed E-state index contributed by atoms with van der Waals surface area (Å²) in [7, 11) is 0. The zero-order chi connectivity index (χ0) is 11.8. The maximum absolute atomic E-state index is 11.6. The normalized spacial score (nSPS) is 10.3. The standard InChI is InChI=1S/C12H13BrN2O/c1-2-3-6-9-14-15-12(16)10-7-4-5-8-11(10)13/h2,4-5,7-9H,1,3,6H2,(H,15,16)/b14-9+. The molecule has 1 rings (SSSR count). The molecule has 16 heavy (non-hydrogen) atoms. The van der Waals surface area contributed by atoms with E-state index in [9.17, 15) is 4.79 Å². The Balaban J connectivity index is 2.50. The van der Waals surface area contributed by atoms with E-state index in [1.807, 2.05) is 18.2 Å². The van der Waals surface area contributed by atoms with Gasteiger partial charge in [0.15, 0.2) is 0 Å². The molecule has 0 atom stereocenters. The molecule has 0 unspecified atom stereocenters. The third kappa shape index (κ3) is 3.98. The van der Waals surface area contributed by atoms with Crippen LogP contribution in [0, 0.1) is 0 Å². The van der Waals surface area contributed by atoms with E-state index in [1.54, 1.807) is 18.3 Å². The van der Waals surface area contributed by atoms with Crippen LogP contribution in [0.25, 0.3) is 0 Å². The van der Waals surface area contributed by atoms with E-state index in [2.05, 4.69) is 33.0 Å². The van der Waals surface area contributed by atoms with Crippen LogP contribution >= 0.6 is 15.9 Å². The number of nitrogens with zero attached hydrogens (tertiary/aromatic N) is 1. The average Bonchev–Trinajstić information content (AvgIpc) is 2.29. The van der Waals surface area contributed by atoms with Crippen LogP contribution in [0.2, 0.25) is 0 Å². The van der Waals surface area contributed by atoms with Gasteiger partial charge in [-0.05, 0) is 40.9 Å². The summed E-state index contributed by atoms with van der Waals surface area (Å²) in [5, 5.41) is 3.83. The monoisotopic (exact) mass is 280 g/mol. The summed E-state index contributed by atoms with van der Waals surface area (Å²) in [5.74, 6) is -0.220. The fourth-order valence-corrected chi connectivity index (χ4v) is 1.53. The molecular formula is C12H13BrN2O. The number of hydrazone groups is 1. The molecule has 0 bridgehead atoms. The average molecular weight is 281 g/mol. The first-order valence-corrected chi connectivity index (χ1v) is 5.72. The van der Waals surface area contributed by atoms with Crippen LogP contribution in [0.1, 0.15) is 23.2 Å². The van der Waals surface area contributed by atoms with Gasteiger partial charge in [0, 0.05) is 10.7 Å². The molecule has 0 saturated carbocycles. The topological polar surface area (TPSA) is 41.5 Å². The fraction of sp³-hybridized carbons (Fsp3) is 0.167. The second-order valence-electron chi connectivity index (χ2n) is 3.10. The number of unbranched alkanes of at least 4 members (excludes halogenated alkanes) is 1. The number of benzene rings is 1. The summed E-state index contributed by atoms with van der Waals surface area (Å²) >= 11 is 3.30. The third-order valence-electron chi connectivity index (χ3n) is 1.88. The molecule has 3 nitrogen and oxygen atoms in total. The van der Waals surface area contributed by atoms with Crippen molar-refractivity contribution in [3.05, 3.63) is 47.0 Å². The predicted octanol–water partition coefficient (Wildman–Crippen LogP) is 3.13. The van der Waals surface area contributed by atoms with Crippen LogP contribution in [0.15, 0.2) is 46.5 Å². The number of halogens is 1. The van der Waals surface area contributed by atoms with Gasteiger partial charge in [-0.15, -0.1) is 6.58 Å². The lowest BCUT2D eigenvalue weighted by atomic mass is 10.2. The number of hydrogen-bond acceptors (Lipinski definition) is 2. The highest BCUT2D eigenvalue weighted by Crippen LogP contribution is 2.15. The number of amides is 1. The smallest absolute Gasteiger partial charge is 0.267 e. The van der Waals surface area contributed by atoms with Gasteiger partial charge >= 0.3 is 0 Å². The number of rotatable bonds is 5. The minimum absolute atomic E-state index is 0.220. The van der Waals surface area contributed by atoms with E-state index in [-0.39, 0.29) is 5.91 Å². The summed E-state index contributed by atoms with van der Waals surface area (Å²) in [4.78, 5) is 11.6. The van der Waals surface area contributed by atoms with Crippen LogP contribution in [-0.2, 0) is 0 Å². The van der Waals surface area contributed by atoms with E-state index in [1.165, 1.54) is 0 Å². The molecule has 0 saturated heterocycles. The van der Waals surface area contributed by atoms with E-state index >= 15 is 0 Å². The first kappa shape index (κ1) is 12.6. The first-order chi connectivity index (χ1) is 7.75. The summed E-state index contributed by atoms with van der Waals surface area (Å²) < 4.78 is 0.758. The minimum Gasteiger partial charge on any atom is -0.267 e. The molecule has 0 aliphatic rings. The van der Waals surface area contributed by atoms with Crippen molar-refractivity contribution in [2.75, 3.05) is 0 Å². The first-order valence-electron chi connectivity index (χ1n) is 4.93. The van der Waals surface area contributed by atoms with Crippen LogP contribution in [0.5, 0.6) is 0 Å². The van der Waals surface area contributed by atoms with Crippen molar-refractivity contribution in [3.63, 3.8) is 0 Å². The Morgan fingerprint density at radius 3 is 2.88 bits per heavy atom. The van der Waals surface area contributed by atoms with Gasteiger partial charge in [-0.1, -0.05) is 18.2 Å². The molecule has 4 heteroatoms. The molecule has 1 N–H and O–H groups in total. The molecule has 0 spiro atoms. The van der Waals surface area contributed by atoms with Crippen molar-refractivity contribution in [2.45, 2.75) is 12.8 Å². The van der Waals surface area contributed by atoms with Crippen molar-refractivity contribution in [1.82, 2.24) is 5.43 Å². The molecule has 0 aliphatic carbocycles. The fourth-order valence-electron chi connectivity index (χ4n) is 1.07. The van der Waals surface area contributed by atoms with E-state index in [0.717, 1.165) is 17.3 Å². The summed E-state index contributed by atoms with van der Waals surface area (Å²) in [5.41, 5.74) is 3.04. The number of nitrogens with one attached hydrogen (secondary N) is 1. The Bertz CT molecular complexity index is 402. The van der Waals surface area contributed by atoms with Crippen molar-refractivity contribution in [1.29, 1.82) is 0 Å². The Labute approximate surface area is 103 Å². The zero-order valence-corrected chi connectivity index (χ0v) is 10.4. The van der Waals surface area contributed by atoms with Crippen LogP contribution in [0.4, 0.5) is 0 Å². The van der Waals surface area contributed by atoms with Crippen molar-refractivity contribution < 1.29 is 4.79 Å². The van der Waals surface area contributed by atoms with Crippen molar-refractivity contribution >= 4 is 28.1 Å². The number of carbonyl (C=O) groups is 1. The largest absolute Gasteiger partial charge is 0.272 e. The number of carbonyl (C=O) groups excluding carboxylic acids is 1. The quantitative estimate of drug-likeness (QED) is 0.383. The van der Waals surface area contributed by atoms with Gasteiger partial charge in [-0.25, -0.2) is 5.43 Å². The van der Waals surface area contributed by atoms with Gasteiger partial charge < -0.3 is 0 Å². The molecule has 0 fully saturated rings. The highest BCUT2D eigenvalue weighted by Gasteiger charge is 2.06. The van der Waals surface area contributed by atoms with Crippen molar-refractivity contribution in [2.24, 2.45) is 5.10 Å². The summed E-state index contributed by atoms with van der Waals surface area (Å²) in [6.07, 6.45) is 5.10. The van der Waals surface area contributed by atoms with E-state index < -0.39 is 0 Å². The van der Waals surface area contributed by atoms with Crippen LogP contribution in [0.3, 0.4) is 0 Å². The molecule has 0 aliphatic heterocycles. The minimum atomic E-state index is -0.220. The summed E-state index contributed by atoms with van der Waals surface area (Å²) in [6.45, 7) is 3.60. The Kier molecular flexibility index (Phi) is 5.50. The Morgan fingerprint density at radius 2 is 2.19 bits per heavy atom. The van der Waals surface area contributed by atoms with Crippen LogP contribution < -0.4 is 5.43 Å². The van der Waals surface area contributed by atoms with Gasteiger partial charge in [0.1, 0.15) is 0 Å². The number of hydrogen-bond donors (Lipinski definition) is 1. The zero-order valence-electron chi connectivity index (χ0n) is 8.82. The van der Waals surface area contributed by atoms with Gasteiger partial charge in [-0.3, -0.25) is 4.79 Å². The molecule has 1 aromatic carbocycles. The highest BCUT2D eigenvalue weighted by molar-refractivity contribution is 9.10. The molecule has 0 heterocycles. The second kappa shape index (κ2) is 6.95. The maximum atomic E-state index is 11.6. The van der Waals surface area contributed by atoms with E-state index in [4.69, 9.17) is 0 Å². The SMILES string of the molecule is C=CCC/C=N/NC(=O)c1ccccc1Br. The van der Waals surface area contributed by atoms with E-state index in [0.29, 0.717) is 5.56 Å². The molecule has 0 aromatic heterocycles. The van der Waals surface area contributed by atoms with Crippen LogP contribution in [-0.4, -0.2) is 12.1 Å². The molecule has 84 valence electrons. The molecular weight excluding hydrogens is 268 g/mol. The lowest BCUT2D eigenvalue weighted by Crippen LogP contribution is -2.17. The van der Waals surface area contributed by atoms with Gasteiger partial charge in [0.05, 0.1) is 5.56 Å². The lowest BCUT2D eigenvalue weighted by Gasteiger charge is -2.01. The molecule has 1 aromatic rings. The van der Waals surface area contributed by atoms with Crippen molar-refractivity contribution in [3.8, 4) is 0 Å². The highest BCUT2D eigenvalue weighted by atomic mass is 79.9.